The van der Waals surface area contributed by atoms with Crippen LogP contribution >= 0.6 is 11.9 Å². The highest BCUT2D eigenvalue weighted by Gasteiger charge is 2.30. The van der Waals surface area contributed by atoms with Gasteiger partial charge in [0.25, 0.3) is 0 Å². The van der Waals surface area contributed by atoms with E-state index in [2.05, 4.69) is 4.40 Å². The van der Waals surface area contributed by atoms with Crippen molar-refractivity contribution in [2.45, 2.75) is 12.6 Å². The Hall–Kier alpha value is -0.970. The lowest BCUT2D eigenvalue weighted by atomic mass is 10.1. The second-order valence-electron chi connectivity index (χ2n) is 3.20. The SMILES string of the molecule is FC(F)(F)c1cccc(C2=NSCC2)c1. The fraction of sp³-hybridized carbons (Fsp3) is 0.300. The third-order valence-corrected chi connectivity index (χ3v) is 2.86. The number of rotatable bonds is 1. The van der Waals surface area contributed by atoms with Crippen LogP contribution in [-0.2, 0) is 6.18 Å². The average Bonchev–Trinajstić information content (AvgIpc) is 2.69. The lowest BCUT2D eigenvalue weighted by Crippen LogP contribution is -2.07. The van der Waals surface area contributed by atoms with E-state index in [4.69, 9.17) is 0 Å². The van der Waals surface area contributed by atoms with Gasteiger partial charge >= 0.3 is 6.18 Å². The second-order valence-corrected chi connectivity index (χ2v) is 4.05. The van der Waals surface area contributed by atoms with Crippen molar-refractivity contribution < 1.29 is 13.2 Å². The first-order valence-corrected chi connectivity index (χ1v) is 5.38. The summed E-state index contributed by atoms with van der Waals surface area (Å²) in [5.74, 6) is 0.853. The maximum absolute atomic E-state index is 12.4. The quantitative estimate of drug-likeness (QED) is 0.673. The molecule has 5 heteroatoms. The van der Waals surface area contributed by atoms with E-state index in [0.29, 0.717) is 5.56 Å². The van der Waals surface area contributed by atoms with Crippen LogP contribution in [0.2, 0.25) is 0 Å². The molecular weight excluding hydrogens is 223 g/mol. The predicted octanol–water partition coefficient (Wildman–Crippen LogP) is 3.55. The first-order chi connectivity index (χ1) is 7.07. The van der Waals surface area contributed by atoms with Crippen LogP contribution in [-0.4, -0.2) is 11.5 Å². The van der Waals surface area contributed by atoms with Crippen LogP contribution in [0.5, 0.6) is 0 Å². The molecule has 0 aliphatic carbocycles. The minimum atomic E-state index is -4.28. The molecule has 1 aliphatic rings. The molecule has 1 aliphatic heterocycles. The summed E-state index contributed by atoms with van der Waals surface area (Å²) in [6.45, 7) is 0. The van der Waals surface area contributed by atoms with Gasteiger partial charge in [0.1, 0.15) is 0 Å². The summed E-state index contributed by atoms with van der Waals surface area (Å²) >= 11 is 1.40. The highest BCUT2D eigenvalue weighted by molar-refractivity contribution is 7.98. The van der Waals surface area contributed by atoms with Crippen LogP contribution in [0, 0.1) is 0 Å². The standard InChI is InChI=1S/C10H8F3NS/c11-10(12,13)8-3-1-2-7(6-8)9-4-5-15-14-9/h1-3,6H,4-5H2. The molecule has 0 aromatic heterocycles. The zero-order valence-corrected chi connectivity index (χ0v) is 8.53. The summed E-state index contributed by atoms with van der Waals surface area (Å²) in [6, 6.07) is 5.32. The van der Waals surface area contributed by atoms with Crippen molar-refractivity contribution >= 4 is 17.7 Å². The fourth-order valence-electron chi connectivity index (χ4n) is 1.38. The highest BCUT2D eigenvalue weighted by atomic mass is 32.2. The van der Waals surface area contributed by atoms with Gasteiger partial charge in [0.2, 0.25) is 0 Å². The minimum Gasteiger partial charge on any atom is -0.221 e. The Morgan fingerprint density at radius 1 is 1.27 bits per heavy atom. The van der Waals surface area contributed by atoms with E-state index in [1.807, 2.05) is 0 Å². The van der Waals surface area contributed by atoms with Gasteiger partial charge in [0, 0.05) is 12.2 Å². The van der Waals surface area contributed by atoms with E-state index in [9.17, 15) is 13.2 Å². The summed E-state index contributed by atoms with van der Waals surface area (Å²) < 4.78 is 41.3. The fourth-order valence-corrected chi connectivity index (χ4v) is 2.11. The normalized spacial score (nSPS) is 16.6. The lowest BCUT2D eigenvalue weighted by molar-refractivity contribution is -0.137. The maximum Gasteiger partial charge on any atom is 0.416 e. The van der Waals surface area contributed by atoms with Crippen LogP contribution in [0.4, 0.5) is 13.2 Å². The zero-order valence-electron chi connectivity index (χ0n) is 7.71. The molecule has 15 heavy (non-hydrogen) atoms. The third kappa shape index (κ3) is 2.34. The van der Waals surface area contributed by atoms with Crippen molar-refractivity contribution in [3.8, 4) is 0 Å². The number of halogens is 3. The van der Waals surface area contributed by atoms with E-state index < -0.39 is 11.7 Å². The smallest absolute Gasteiger partial charge is 0.221 e. The van der Waals surface area contributed by atoms with Gasteiger partial charge in [0.05, 0.1) is 11.3 Å². The van der Waals surface area contributed by atoms with Crippen LogP contribution in [0.15, 0.2) is 28.7 Å². The van der Waals surface area contributed by atoms with E-state index in [-0.39, 0.29) is 0 Å². The molecule has 0 saturated heterocycles. The Balaban J connectivity index is 2.34. The molecule has 80 valence electrons. The Bertz CT molecular complexity index is 398. The number of benzene rings is 1. The van der Waals surface area contributed by atoms with Crippen LogP contribution in [0.1, 0.15) is 17.5 Å². The molecule has 0 atom stereocenters. The topological polar surface area (TPSA) is 12.4 Å². The lowest BCUT2D eigenvalue weighted by Gasteiger charge is -2.08. The summed E-state index contributed by atoms with van der Waals surface area (Å²) in [6.07, 6.45) is -3.53. The van der Waals surface area contributed by atoms with Gasteiger partial charge in [-0.1, -0.05) is 12.1 Å². The van der Waals surface area contributed by atoms with Crippen molar-refractivity contribution in [1.29, 1.82) is 0 Å². The molecule has 1 aromatic carbocycles. The van der Waals surface area contributed by atoms with Crippen LogP contribution in [0.3, 0.4) is 0 Å². The molecule has 0 fully saturated rings. The van der Waals surface area contributed by atoms with Crippen molar-refractivity contribution in [2.24, 2.45) is 4.40 Å². The first kappa shape index (κ1) is 10.5. The van der Waals surface area contributed by atoms with Crippen molar-refractivity contribution in [2.75, 3.05) is 5.75 Å². The van der Waals surface area contributed by atoms with Gasteiger partial charge in [-0.15, -0.1) is 0 Å². The van der Waals surface area contributed by atoms with E-state index in [1.165, 1.54) is 18.0 Å². The monoisotopic (exact) mass is 231 g/mol. The highest BCUT2D eigenvalue weighted by Crippen LogP contribution is 2.30. The number of alkyl halides is 3. The van der Waals surface area contributed by atoms with Crippen LogP contribution < -0.4 is 0 Å². The molecule has 2 rings (SSSR count). The molecule has 0 bridgehead atoms. The number of hydrogen-bond acceptors (Lipinski definition) is 2. The van der Waals surface area contributed by atoms with Crippen molar-refractivity contribution in [1.82, 2.24) is 0 Å². The third-order valence-electron chi connectivity index (χ3n) is 2.13. The second kappa shape index (κ2) is 3.89. The number of nitrogens with zero attached hydrogens (tertiary/aromatic N) is 1. The van der Waals surface area contributed by atoms with Crippen LogP contribution in [0.25, 0.3) is 0 Å². The molecule has 0 radical (unpaired) electrons. The summed E-state index contributed by atoms with van der Waals surface area (Å²) in [4.78, 5) is 0. The van der Waals surface area contributed by atoms with Crippen molar-refractivity contribution in [3.63, 3.8) is 0 Å². The molecule has 1 heterocycles. The molecule has 1 nitrogen and oxygen atoms in total. The Labute approximate surface area is 89.5 Å². The van der Waals surface area contributed by atoms with E-state index in [1.54, 1.807) is 6.07 Å². The Kier molecular flexibility index (Phi) is 2.73. The minimum absolute atomic E-state index is 0.579. The molecule has 1 aromatic rings. The van der Waals surface area contributed by atoms with Crippen molar-refractivity contribution in [3.05, 3.63) is 35.4 Å². The summed E-state index contributed by atoms with van der Waals surface area (Å²) in [5, 5.41) is 0. The molecule has 0 unspecified atom stereocenters. The molecule has 0 N–H and O–H groups in total. The molecular formula is C10H8F3NS. The predicted molar refractivity (Wildman–Crippen MR) is 55.1 cm³/mol. The summed E-state index contributed by atoms with van der Waals surface area (Å²) in [7, 11) is 0. The maximum atomic E-state index is 12.4. The zero-order chi connectivity index (χ0) is 10.9. The Morgan fingerprint density at radius 3 is 2.67 bits per heavy atom. The van der Waals surface area contributed by atoms with Gasteiger partial charge in [0.15, 0.2) is 0 Å². The molecule has 0 spiro atoms. The van der Waals surface area contributed by atoms with Gasteiger partial charge < -0.3 is 0 Å². The molecule has 0 saturated carbocycles. The van der Waals surface area contributed by atoms with E-state index >= 15 is 0 Å². The first-order valence-electron chi connectivity index (χ1n) is 4.44. The summed E-state index contributed by atoms with van der Waals surface area (Å²) in [5.41, 5.74) is 0.723. The number of hydrogen-bond donors (Lipinski definition) is 0. The Morgan fingerprint density at radius 2 is 2.07 bits per heavy atom. The van der Waals surface area contributed by atoms with Gasteiger partial charge in [-0.2, -0.15) is 13.2 Å². The van der Waals surface area contributed by atoms with Gasteiger partial charge in [-0.3, -0.25) is 0 Å². The average molecular weight is 231 g/mol. The van der Waals surface area contributed by atoms with Gasteiger partial charge in [-0.05, 0) is 29.6 Å². The molecule has 0 amide bonds. The van der Waals surface area contributed by atoms with Gasteiger partial charge in [-0.25, -0.2) is 4.40 Å². The van der Waals surface area contributed by atoms with E-state index in [0.717, 1.165) is 30.0 Å². The largest absolute Gasteiger partial charge is 0.416 e.